The van der Waals surface area contributed by atoms with E-state index in [1.54, 1.807) is 7.11 Å². The molecule has 0 radical (unpaired) electrons. The average Bonchev–Trinajstić information content (AvgIpc) is 3.45. The molecule has 0 unspecified atom stereocenters. The third-order valence-electron chi connectivity index (χ3n) is 6.87. The number of carbonyl (C=O) groups excluding carboxylic acids is 2. The molecule has 2 amide bonds. The predicted octanol–water partition coefficient (Wildman–Crippen LogP) is 3.66. The molecule has 0 spiro atoms. The van der Waals surface area contributed by atoms with Crippen LogP contribution in [0.25, 0.3) is 0 Å². The van der Waals surface area contributed by atoms with Gasteiger partial charge in [0.15, 0.2) is 5.82 Å². The summed E-state index contributed by atoms with van der Waals surface area (Å²) in [4.78, 5) is 24.7. The van der Waals surface area contributed by atoms with E-state index in [9.17, 15) is 14.7 Å². The molecule has 2 aliphatic carbocycles. The van der Waals surface area contributed by atoms with E-state index < -0.39 is 5.60 Å². The third-order valence-corrected chi connectivity index (χ3v) is 6.87. The number of H-pyrrole nitrogens is 1. The number of alkyl carbamates (subject to hydrolysis) is 1. The van der Waals surface area contributed by atoms with Crippen LogP contribution in [0.2, 0.25) is 0 Å². The maximum atomic E-state index is 12.4. The molecule has 9 nitrogen and oxygen atoms in total. The van der Waals surface area contributed by atoms with Gasteiger partial charge in [0, 0.05) is 23.7 Å². The molecule has 1 aromatic heterocycles. The largest absolute Gasteiger partial charge is 0.497 e. The number of carbonyl (C=O) groups is 2. The molecule has 1 heterocycles. The van der Waals surface area contributed by atoms with E-state index in [2.05, 4.69) is 20.8 Å². The highest BCUT2D eigenvalue weighted by Gasteiger charge is 2.32. The summed E-state index contributed by atoms with van der Waals surface area (Å²) < 4.78 is 10.8. The number of ether oxygens (including phenoxy) is 2. The van der Waals surface area contributed by atoms with Gasteiger partial charge in [0.1, 0.15) is 11.9 Å². The zero-order valence-corrected chi connectivity index (χ0v) is 19.8. The number of aromatic nitrogens is 2. The highest BCUT2D eigenvalue weighted by molar-refractivity contribution is 5.91. The van der Waals surface area contributed by atoms with Crippen molar-refractivity contribution >= 4 is 17.8 Å². The highest BCUT2D eigenvalue weighted by Crippen LogP contribution is 2.36. The first-order valence-electron chi connectivity index (χ1n) is 12.0. The number of hydrogen-bond donors (Lipinski definition) is 4. The van der Waals surface area contributed by atoms with Gasteiger partial charge in [0.25, 0.3) is 0 Å². The topological polar surface area (TPSA) is 126 Å². The van der Waals surface area contributed by atoms with Crippen LogP contribution in [0.5, 0.6) is 5.75 Å². The summed E-state index contributed by atoms with van der Waals surface area (Å²) in [6.07, 6.45) is 4.99. The van der Waals surface area contributed by atoms with Crippen LogP contribution < -0.4 is 15.4 Å². The smallest absolute Gasteiger partial charge is 0.407 e. The minimum atomic E-state index is -0.626. The zero-order valence-electron chi connectivity index (χ0n) is 19.8. The number of anilines is 1. The summed E-state index contributed by atoms with van der Waals surface area (Å²) in [5, 5.41) is 23.1. The number of methoxy groups -OCH3 is 1. The van der Waals surface area contributed by atoms with E-state index in [0.29, 0.717) is 25.1 Å². The Balaban J connectivity index is 1.21. The summed E-state index contributed by atoms with van der Waals surface area (Å²) in [7, 11) is 1.61. The Morgan fingerprint density at radius 2 is 1.91 bits per heavy atom. The second-order valence-electron chi connectivity index (χ2n) is 9.73. The van der Waals surface area contributed by atoms with Crippen LogP contribution >= 0.6 is 0 Å². The van der Waals surface area contributed by atoms with Crippen molar-refractivity contribution < 1.29 is 24.2 Å². The fourth-order valence-electron chi connectivity index (χ4n) is 4.79. The van der Waals surface area contributed by atoms with Gasteiger partial charge < -0.3 is 25.2 Å². The summed E-state index contributed by atoms with van der Waals surface area (Å²) in [6.45, 7) is 1.84. The van der Waals surface area contributed by atoms with Crippen LogP contribution in [-0.2, 0) is 16.0 Å². The van der Waals surface area contributed by atoms with Crippen molar-refractivity contribution in [3.8, 4) is 5.75 Å². The molecule has 34 heavy (non-hydrogen) atoms. The van der Waals surface area contributed by atoms with Crippen LogP contribution in [0.1, 0.15) is 69.0 Å². The first-order valence-corrected chi connectivity index (χ1v) is 12.0. The van der Waals surface area contributed by atoms with Crippen molar-refractivity contribution in [3.05, 3.63) is 41.6 Å². The molecule has 4 N–H and O–H groups in total. The van der Waals surface area contributed by atoms with E-state index in [4.69, 9.17) is 9.47 Å². The first kappa shape index (κ1) is 24.1. The molecule has 0 aliphatic heterocycles. The molecule has 2 aliphatic rings. The molecule has 184 valence electrons. The molecule has 0 saturated heterocycles. The summed E-state index contributed by atoms with van der Waals surface area (Å²) >= 11 is 0. The maximum absolute atomic E-state index is 12.4. The van der Waals surface area contributed by atoms with Gasteiger partial charge in [-0.3, -0.25) is 9.89 Å². The molecule has 2 aromatic rings. The molecule has 2 fully saturated rings. The van der Waals surface area contributed by atoms with Crippen molar-refractivity contribution in [3.63, 3.8) is 0 Å². The standard InChI is InChI=1S/C25H34N4O5/c1-25(32)11-9-18(10-12-25)26-24(31)34-20-8-5-17(14-20)21-15-22(29-28-21)27-23(30)13-16-3-6-19(33-2)7-4-16/h3-4,6-7,15,17-18,20,32H,5,8-14H2,1-2H3,(H,26,31)(H2,27,28,29,30)/t17-,18-,20+,25+/m0/s1. The van der Waals surface area contributed by atoms with Crippen molar-refractivity contribution in [2.24, 2.45) is 0 Å². The van der Waals surface area contributed by atoms with E-state index in [1.807, 2.05) is 37.3 Å². The van der Waals surface area contributed by atoms with Crippen molar-refractivity contribution in [1.82, 2.24) is 15.5 Å². The minimum absolute atomic E-state index is 0.0571. The number of nitrogens with zero attached hydrogens (tertiary/aromatic N) is 1. The Kier molecular flexibility index (Phi) is 7.41. The Morgan fingerprint density at radius 3 is 2.62 bits per heavy atom. The van der Waals surface area contributed by atoms with Crippen molar-refractivity contribution in [2.75, 3.05) is 12.4 Å². The Morgan fingerprint density at radius 1 is 1.18 bits per heavy atom. The molecule has 9 heteroatoms. The minimum Gasteiger partial charge on any atom is -0.497 e. The lowest BCUT2D eigenvalue weighted by atomic mass is 9.84. The van der Waals surface area contributed by atoms with E-state index >= 15 is 0 Å². The van der Waals surface area contributed by atoms with Gasteiger partial charge in [-0.1, -0.05) is 12.1 Å². The fraction of sp³-hybridized carbons (Fsp3) is 0.560. The molecule has 0 bridgehead atoms. The van der Waals surface area contributed by atoms with Gasteiger partial charge in [-0.05, 0) is 69.6 Å². The molecular formula is C25H34N4O5. The number of hydrogen-bond acceptors (Lipinski definition) is 6. The van der Waals surface area contributed by atoms with Gasteiger partial charge in [0.05, 0.1) is 19.1 Å². The monoisotopic (exact) mass is 470 g/mol. The van der Waals surface area contributed by atoms with E-state index in [-0.39, 0.29) is 36.5 Å². The second kappa shape index (κ2) is 10.5. The molecular weight excluding hydrogens is 436 g/mol. The molecule has 1 aromatic carbocycles. The number of benzene rings is 1. The summed E-state index contributed by atoms with van der Waals surface area (Å²) in [5.74, 6) is 1.29. The van der Waals surface area contributed by atoms with Crippen molar-refractivity contribution in [2.45, 2.75) is 82.0 Å². The summed E-state index contributed by atoms with van der Waals surface area (Å²) in [6, 6.07) is 9.29. The maximum Gasteiger partial charge on any atom is 0.407 e. The number of amides is 2. The van der Waals surface area contributed by atoms with Gasteiger partial charge >= 0.3 is 6.09 Å². The normalized spacial score (nSPS) is 26.6. The van der Waals surface area contributed by atoms with Crippen LogP contribution in [-0.4, -0.2) is 52.2 Å². The lowest BCUT2D eigenvalue weighted by Crippen LogP contribution is -2.43. The van der Waals surface area contributed by atoms with Crippen LogP contribution in [0.3, 0.4) is 0 Å². The zero-order chi connectivity index (χ0) is 24.1. The number of aromatic amines is 1. The van der Waals surface area contributed by atoms with Crippen LogP contribution in [0.4, 0.5) is 10.6 Å². The molecule has 2 atom stereocenters. The van der Waals surface area contributed by atoms with Gasteiger partial charge in [-0.25, -0.2) is 4.79 Å². The van der Waals surface area contributed by atoms with E-state index in [1.165, 1.54) is 0 Å². The molecule has 2 saturated carbocycles. The number of rotatable bonds is 7. The van der Waals surface area contributed by atoms with Crippen LogP contribution in [0, 0.1) is 0 Å². The lowest BCUT2D eigenvalue weighted by molar-refractivity contribution is -0.115. The lowest BCUT2D eigenvalue weighted by Gasteiger charge is -2.33. The van der Waals surface area contributed by atoms with Crippen molar-refractivity contribution in [1.29, 1.82) is 0 Å². The fourth-order valence-corrected chi connectivity index (χ4v) is 4.79. The van der Waals surface area contributed by atoms with Gasteiger partial charge in [-0.15, -0.1) is 0 Å². The first-order chi connectivity index (χ1) is 16.3. The number of aliphatic hydroxyl groups is 1. The SMILES string of the molecule is COc1ccc(CC(=O)Nc2cc([C@H]3CC[C@@H](OC(=O)N[C@H]4CC[C@@](C)(O)CC4)C3)[nH]n2)cc1. The second-order valence-corrected chi connectivity index (χ2v) is 9.73. The average molecular weight is 471 g/mol. The van der Waals surface area contributed by atoms with Crippen LogP contribution in [0.15, 0.2) is 30.3 Å². The Bertz CT molecular complexity index is 977. The Labute approximate surface area is 199 Å². The number of nitrogens with one attached hydrogen (secondary N) is 3. The summed E-state index contributed by atoms with van der Waals surface area (Å²) in [5.41, 5.74) is 1.20. The van der Waals surface area contributed by atoms with Gasteiger partial charge in [0.2, 0.25) is 5.91 Å². The van der Waals surface area contributed by atoms with E-state index in [0.717, 1.165) is 42.7 Å². The Hall–Kier alpha value is -3.07. The van der Waals surface area contributed by atoms with Gasteiger partial charge in [-0.2, -0.15) is 5.10 Å². The third kappa shape index (κ3) is 6.50. The highest BCUT2D eigenvalue weighted by atomic mass is 16.6. The predicted molar refractivity (Wildman–Crippen MR) is 127 cm³/mol. The quantitative estimate of drug-likeness (QED) is 0.489. The molecule has 4 rings (SSSR count).